The molecule has 2 aliphatic rings. The number of H-pyrrole nitrogens is 1. The molecule has 184 valence electrons. The number of piperidine rings is 1. The number of anilines is 1. The first-order valence-electron chi connectivity index (χ1n) is 12.7. The molecule has 2 fully saturated rings. The van der Waals surface area contributed by atoms with Gasteiger partial charge in [0.05, 0.1) is 11.7 Å². The van der Waals surface area contributed by atoms with E-state index in [1.165, 1.54) is 6.42 Å². The third-order valence-electron chi connectivity index (χ3n) is 7.05. The zero-order valence-electron chi connectivity index (χ0n) is 19.9. The Morgan fingerprint density at radius 2 is 1.86 bits per heavy atom. The van der Waals surface area contributed by atoms with Gasteiger partial charge in [0.2, 0.25) is 0 Å². The van der Waals surface area contributed by atoms with Crippen LogP contribution in [0, 0.1) is 0 Å². The van der Waals surface area contributed by atoms with Crippen molar-refractivity contribution in [2.45, 2.75) is 69.6 Å². The van der Waals surface area contributed by atoms with Crippen molar-refractivity contribution in [1.82, 2.24) is 20.8 Å². The number of aromatic amines is 1. The van der Waals surface area contributed by atoms with Crippen LogP contribution < -0.4 is 16.0 Å². The van der Waals surface area contributed by atoms with Crippen LogP contribution in [-0.2, 0) is 4.74 Å². The van der Waals surface area contributed by atoms with Gasteiger partial charge < -0.3 is 15.4 Å². The van der Waals surface area contributed by atoms with Crippen molar-refractivity contribution in [1.29, 1.82) is 0 Å². The first-order chi connectivity index (χ1) is 17.2. The molecular formula is C27H33N5O3. The fourth-order valence-electron chi connectivity index (χ4n) is 5.18. The Morgan fingerprint density at radius 3 is 2.69 bits per heavy atom. The molecule has 0 bridgehead atoms. The fourth-order valence-corrected chi connectivity index (χ4v) is 5.18. The van der Waals surface area contributed by atoms with E-state index in [0.717, 1.165) is 68.0 Å². The van der Waals surface area contributed by atoms with Crippen LogP contribution in [0.2, 0.25) is 0 Å². The molecule has 1 aliphatic heterocycles. The van der Waals surface area contributed by atoms with Crippen molar-refractivity contribution in [2.24, 2.45) is 0 Å². The molecule has 1 saturated heterocycles. The highest BCUT2D eigenvalue weighted by Crippen LogP contribution is 2.28. The van der Waals surface area contributed by atoms with Gasteiger partial charge in [0.1, 0.15) is 6.10 Å². The molecule has 2 heterocycles. The smallest absolute Gasteiger partial charge is 0.412 e. The Morgan fingerprint density at radius 1 is 1.00 bits per heavy atom. The van der Waals surface area contributed by atoms with Crippen LogP contribution in [0.25, 0.3) is 10.9 Å². The molecule has 8 nitrogen and oxygen atoms in total. The van der Waals surface area contributed by atoms with Gasteiger partial charge in [0, 0.05) is 28.7 Å². The molecule has 2 aromatic carbocycles. The number of nitrogens with one attached hydrogen (secondary N) is 4. The molecule has 1 aliphatic carbocycles. The van der Waals surface area contributed by atoms with Gasteiger partial charge in [-0.25, -0.2) is 4.79 Å². The van der Waals surface area contributed by atoms with Gasteiger partial charge in [-0.3, -0.25) is 15.2 Å². The molecule has 2 amide bonds. The van der Waals surface area contributed by atoms with Crippen LogP contribution in [0.3, 0.4) is 0 Å². The number of hydrogen-bond donors (Lipinski definition) is 4. The SMILES string of the molecule is O=C(Nc1ccc2[nH]ncc2c1)O[C@@H](c1cccc(C(=O)NC2CCCCC2)c1)[C@@H]1CCCCN1. The quantitative estimate of drug-likeness (QED) is 0.399. The third kappa shape index (κ3) is 5.82. The molecular weight excluding hydrogens is 442 g/mol. The van der Waals surface area contributed by atoms with E-state index >= 15 is 0 Å². The molecule has 3 aromatic rings. The second-order valence-corrected chi connectivity index (χ2v) is 9.61. The summed E-state index contributed by atoms with van der Waals surface area (Å²) in [5, 5.41) is 17.4. The highest BCUT2D eigenvalue weighted by Gasteiger charge is 2.29. The van der Waals surface area contributed by atoms with E-state index in [2.05, 4.69) is 26.1 Å². The predicted octanol–water partition coefficient (Wildman–Crippen LogP) is 5.06. The summed E-state index contributed by atoms with van der Waals surface area (Å²) in [6, 6.07) is 13.3. The Hall–Kier alpha value is -3.39. The van der Waals surface area contributed by atoms with Gasteiger partial charge in [0.15, 0.2) is 0 Å². The third-order valence-corrected chi connectivity index (χ3v) is 7.05. The number of hydrogen-bond acceptors (Lipinski definition) is 5. The normalized spacial score (nSPS) is 19.7. The van der Waals surface area contributed by atoms with E-state index in [4.69, 9.17) is 4.74 Å². The zero-order chi connectivity index (χ0) is 24.0. The molecule has 2 atom stereocenters. The van der Waals surface area contributed by atoms with Gasteiger partial charge in [-0.15, -0.1) is 0 Å². The second-order valence-electron chi connectivity index (χ2n) is 9.61. The number of ether oxygens (including phenoxy) is 1. The lowest BCUT2D eigenvalue weighted by Crippen LogP contribution is -2.41. The van der Waals surface area contributed by atoms with E-state index in [0.29, 0.717) is 11.3 Å². The molecule has 0 radical (unpaired) electrons. The van der Waals surface area contributed by atoms with Gasteiger partial charge in [-0.1, -0.05) is 37.8 Å². The molecule has 35 heavy (non-hydrogen) atoms. The Kier molecular flexibility index (Phi) is 7.28. The summed E-state index contributed by atoms with van der Waals surface area (Å²) in [7, 11) is 0. The molecule has 8 heteroatoms. The molecule has 0 unspecified atom stereocenters. The minimum atomic E-state index is -0.526. The highest BCUT2D eigenvalue weighted by molar-refractivity contribution is 5.94. The Balaban J connectivity index is 1.32. The molecule has 1 aromatic heterocycles. The summed E-state index contributed by atoms with van der Waals surface area (Å²) in [6.45, 7) is 0.880. The van der Waals surface area contributed by atoms with Crippen LogP contribution in [0.15, 0.2) is 48.7 Å². The van der Waals surface area contributed by atoms with Crippen LogP contribution in [0.4, 0.5) is 10.5 Å². The number of benzene rings is 2. The number of rotatable bonds is 6. The summed E-state index contributed by atoms with van der Waals surface area (Å²) in [4.78, 5) is 25.9. The van der Waals surface area contributed by atoms with E-state index in [1.54, 1.807) is 6.20 Å². The number of fused-ring (bicyclic) bond motifs is 1. The average Bonchev–Trinajstić information content (AvgIpc) is 3.36. The lowest BCUT2D eigenvalue weighted by Gasteiger charge is -2.31. The van der Waals surface area contributed by atoms with Gasteiger partial charge >= 0.3 is 6.09 Å². The molecule has 4 N–H and O–H groups in total. The maximum absolute atomic E-state index is 13.0. The monoisotopic (exact) mass is 475 g/mol. The topological polar surface area (TPSA) is 108 Å². The largest absolute Gasteiger partial charge is 0.439 e. The van der Waals surface area contributed by atoms with Crippen molar-refractivity contribution in [2.75, 3.05) is 11.9 Å². The van der Waals surface area contributed by atoms with Gasteiger partial charge in [-0.2, -0.15) is 5.10 Å². The summed E-state index contributed by atoms with van der Waals surface area (Å²) in [6.07, 6.45) is 9.39. The standard InChI is InChI=1S/C27H33N5O3/c33-26(30-21-9-2-1-3-10-21)19-8-6-7-18(15-19)25(24-11-4-5-14-28-24)35-27(34)31-22-12-13-23-20(16-22)17-29-32-23/h6-8,12-13,15-17,21,24-25,28H,1-5,9-11,14H2,(H,29,32)(H,30,33)(H,31,34)/t24-,25-/m0/s1. The lowest BCUT2D eigenvalue weighted by molar-refractivity contribution is 0.0762. The second kappa shape index (κ2) is 10.9. The fraction of sp³-hybridized carbons (Fsp3) is 0.444. The van der Waals surface area contributed by atoms with Crippen molar-refractivity contribution >= 4 is 28.6 Å². The van der Waals surface area contributed by atoms with E-state index in [-0.39, 0.29) is 18.0 Å². The maximum atomic E-state index is 13.0. The minimum Gasteiger partial charge on any atom is -0.439 e. The number of amides is 2. The lowest BCUT2D eigenvalue weighted by atomic mass is 9.93. The Bertz CT molecular complexity index is 1160. The van der Waals surface area contributed by atoms with Crippen molar-refractivity contribution in [3.8, 4) is 0 Å². The first kappa shape index (κ1) is 23.4. The predicted molar refractivity (Wildman–Crippen MR) is 135 cm³/mol. The number of aromatic nitrogens is 2. The zero-order valence-corrected chi connectivity index (χ0v) is 19.9. The molecule has 1 saturated carbocycles. The number of nitrogens with zero attached hydrogens (tertiary/aromatic N) is 1. The Labute approximate surface area is 205 Å². The summed E-state index contributed by atoms with van der Waals surface area (Å²) in [5.74, 6) is -0.0630. The average molecular weight is 476 g/mol. The van der Waals surface area contributed by atoms with Gasteiger partial charge in [-0.05, 0) is 68.1 Å². The van der Waals surface area contributed by atoms with Gasteiger partial charge in [0.25, 0.3) is 5.91 Å². The molecule has 0 spiro atoms. The summed E-state index contributed by atoms with van der Waals surface area (Å²) < 4.78 is 5.99. The van der Waals surface area contributed by atoms with Crippen LogP contribution in [0.5, 0.6) is 0 Å². The van der Waals surface area contributed by atoms with Crippen molar-refractivity contribution in [3.63, 3.8) is 0 Å². The maximum Gasteiger partial charge on any atom is 0.412 e. The van der Waals surface area contributed by atoms with Crippen molar-refractivity contribution < 1.29 is 14.3 Å². The van der Waals surface area contributed by atoms with Crippen LogP contribution in [0.1, 0.15) is 73.4 Å². The summed E-state index contributed by atoms with van der Waals surface area (Å²) >= 11 is 0. The highest BCUT2D eigenvalue weighted by atomic mass is 16.6. The van der Waals surface area contributed by atoms with Crippen LogP contribution >= 0.6 is 0 Å². The van der Waals surface area contributed by atoms with Crippen LogP contribution in [-0.4, -0.2) is 40.8 Å². The minimum absolute atomic E-state index is 0.0116. The summed E-state index contributed by atoms with van der Waals surface area (Å²) in [5.41, 5.74) is 2.96. The van der Waals surface area contributed by atoms with E-state index < -0.39 is 12.2 Å². The van der Waals surface area contributed by atoms with E-state index in [1.807, 2.05) is 42.5 Å². The first-order valence-corrected chi connectivity index (χ1v) is 12.7. The number of carbonyl (C=O) groups is 2. The number of carbonyl (C=O) groups excluding carboxylic acids is 2. The van der Waals surface area contributed by atoms with Crippen molar-refractivity contribution in [3.05, 3.63) is 59.8 Å². The molecule has 5 rings (SSSR count). The van der Waals surface area contributed by atoms with E-state index in [9.17, 15) is 9.59 Å².